The highest BCUT2D eigenvalue weighted by atomic mass is 16.5. The predicted octanol–water partition coefficient (Wildman–Crippen LogP) is 1.72. The number of hydrogen-bond donors (Lipinski definition) is 3. The monoisotopic (exact) mass is 230 g/mol. The first-order valence-corrected chi connectivity index (χ1v) is 6.12. The molecule has 1 aliphatic rings. The van der Waals surface area contributed by atoms with Crippen molar-refractivity contribution in [3.8, 4) is 0 Å². The summed E-state index contributed by atoms with van der Waals surface area (Å²) in [6.07, 6.45) is 1.94. The highest BCUT2D eigenvalue weighted by Crippen LogP contribution is 2.36. The number of aliphatic hydroxyl groups excluding tert-OH is 1. The summed E-state index contributed by atoms with van der Waals surface area (Å²) in [5.74, 6) is 0. The van der Waals surface area contributed by atoms with Crippen LogP contribution in [0.3, 0.4) is 0 Å². The van der Waals surface area contributed by atoms with Crippen molar-refractivity contribution in [1.29, 1.82) is 0 Å². The van der Waals surface area contributed by atoms with Crippen LogP contribution in [0.25, 0.3) is 0 Å². The lowest BCUT2D eigenvalue weighted by Crippen LogP contribution is -2.63. The summed E-state index contributed by atoms with van der Waals surface area (Å²) >= 11 is 0. The van der Waals surface area contributed by atoms with Crippen molar-refractivity contribution < 1.29 is 10.3 Å². The van der Waals surface area contributed by atoms with E-state index in [1.54, 1.807) is 0 Å². The Kier molecular flexibility index (Phi) is 4.00. The molecule has 1 unspecified atom stereocenters. The zero-order valence-electron chi connectivity index (χ0n) is 11.1. The highest BCUT2D eigenvalue weighted by molar-refractivity contribution is 4.98. The lowest BCUT2D eigenvalue weighted by Gasteiger charge is -2.51. The van der Waals surface area contributed by atoms with Crippen LogP contribution in [0.4, 0.5) is 0 Å². The van der Waals surface area contributed by atoms with E-state index >= 15 is 0 Å². The van der Waals surface area contributed by atoms with E-state index in [4.69, 9.17) is 0 Å². The molecule has 1 fully saturated rings. The van der Waals surface area contributed by atoms with Gasteiger partial charge in [-0.05, 0) is 47.0 Å². The van der Waals surface area contributed by atoms with Gasteiger partial charge in [-0.1, -0.05) is 6.92 Å². The molecule has 16 heavy (non-hydrogen) atoms. The second kappa shape index (κ2) is 4.61. The average molecular weight is 230 g/mol. The average Bonchev–Trinajstić information content (AvgIpc) is 2.13. The molecule has 0 spiro atoms. The second-order valence-electron chi connectivity index (χ2n) is 6.13. The van der Waals surface area contributed by atoms with E-state index in [-0.39, 0.29) is 17.1 Å². The summed E-state index contributed by atoms with van der Waals surface area (Å²) in [6, 6.07) is 0.253. The molecule has 3 N–H and O–H groups in total. The van der Waals surface area contributed by atoms with Gasteiger partial charge in [-0.2, -0.15) is 5.06 Å². The van der Waals surface area contributed by atoms with E-state index in [0.29, 0.717) is 6.42 Å². The molecule has 0 saturated carbocycles. The highest BCUT2D eigenvalue weighted by Gasteiger charge is 2.45. The van der Waals surface area contributed by atoms with Gasteiger partial charge in [0.05, 0.1) is 0 Å². The Bertz CT molecular complexity index is 223. The lowest BCUT2D eigenvalue weighted by atomic mass is 9.79. The molecule has 0 radical (unpaired) electrons. The molecule has 0 aromatic rings. The van der Waals surface area contributed by atoms with Crippen molar-refractivity contribution in [2.45, 2.75) is 77.2 Å². The van der Waals surface area contributed by atoms with E-state index < -0.39 is 6.23 Å². The third-order valence-electron chi connectivity index (χ3n) is 3.45. The van der Waals surface area contributed by atoms with Crippen LogP contribution in [0, 0.1) is 0 Å². The zero-order chi connectivity index (χ0) is 12.6. The molecule has 0 bridgehead atoms. The van der Waals surface area contributed by atoms with Gasteiger partial charge >= 0.3 is 0 Å². The van der Waals surface area contributed by atoms with Gasteiger partial charge in [0.15, 0.2) is 0 Å². The minimum absolute atomic E-state index is 0.253. The number of nitrogens with zero attached hydrogens (tertiary/aromatic N) is 1. The van der Waals surface area contributed by atoms with Crippen LogP contribution in [0.1, 0.15) is 53.9 Å². The molecule has 96 valence electrons. The second-order valence-corrected chi connectivity index (χ2v) is 6.13. The molecular weight excluding hydrogens is 204 g/mol. The van der Waals surface area contributed by atoms with E-state index in [9.17, 15) is 10.3 Å². The Morgan fingerprint density at radius 3 is 2.06 bits per heavy atom. The topological polar surface area (TPSA) is 55.7 Å². The van der Waals surface area contributed by atoms with Crippen LogP contribution in [-0.2, 0) is 0 Å². The van der Waals surface area contributed by atoms with E-state index in [0.717, 1.165) is 12.8 Å². The fourth-order valence-corrected chi connectivity index (χ4v) is 2.78. The summed E-state index contributed by atoms with van der Waals surface area (Å²) in [5, 5.41) is 24.4. The third-order valence-corrected chi connectivity index (χ3v) is 3.45. The Labute approximate surface area is 98.6 Å². The quantitative estimate of drug-likeness (QED) is 0.646. The predicted molar refractivity (Wildman–Crippen MR) is 64.2 cm³/mol. The number of hydroxylamine groups is 2. The van der Waals surface area contributed by atoms with Crippen molar-refractivity contribution in [3.05, 3.63) is 0 Å². The smallest absolute Gasteiger partial charge is 0.104 e. The van der Waals surface area contributed by atoms with Crippen LogP contribution in [0.2, 0.25) is 0 Å². The summed E-state index contributed by atoms with van der Waals surface area (Å²) < 4.78 is 0. The van der Waals surface area contributed by atoms with Gasteiger partial charge < -0.3 is 10.3 Å². The molecule has 1 aliphatic heterocycles. The lowest BCUT2D eigenvalue weighted by molar-refractivity contribution is -0.247. The van der Waals surface area contributed by atoms with E-state index in [1.807, 2.05) is 34.6 Å². The maximum absolute atomic E-state index is 10.1. The maximum Gasteiger partial charge on any atom is 0.104 e. The van der Waals surface area contributed by atoms with Gasteiger partial charge in [0.25, 0.3) is 0 Å². The van der Waals surface area contributed by atoms with Crippen molar-refractivity contribution >= 4 is 0 Å². The molecule has 1 saturated heterocycles. The number of rotatable bonds is 3. The Morgan fingerprint density at radius 1 is 1.25 bits per heavy atom. The van der Waals surface area contributed by atoms with Crippen LogP contribution >= 0.6 is 0 Å². The van der Waals surface area contributed by atoms with E-state index in [1.165, 1.54) is 5.06 Å². The third kappa shape index (κ3) is 2.94. The van der Waals surface area contributed by atoms with Gasteiger partial charge in [0.2, 0.25) is 0 Å². The maximum atomic E-state index is 10.1. The molecule has 1 rings (SSSR count). The minimum Gasteiger partial charge on any atom is -0.379 e. The zero-order valence-corrected chi connectivity index (χ0v) is 11.1. The fraction of sp³-hybridized carbons (Fsp3) is 1.00. The van der Waals surface area contributed by atoms with Crippen LogP contribution in [0.5, 0.6) is 0 Å². The summed E-state index contributed by atoms with van der Waals surface area (Å²) in [6.45, 7) is 10.1. The van der Waals surface area contributed by atoms with Gasteiger partial charge in [0.1, 0.15) is 6.23 Å². The van der Waals surface area contributed by atoms with Crippen molar-refractivity contribution in [2.75, 3.05) is 0 Å². The fourth-order valence-electron chi connectivity index (χ4n) is 2.78. The molecule has 0 amide bonds. The standard InChI is InChI=1S/C12H26N2O2/c1-6-10(15)13-9-7-11(2,3)14(16)12(4,5)8-9/h9-10,13,15-16H,6-8H2,1-5H3. The first kappa shape index (κ1) is 13.9. The number of hydrogen-bond acceptors (Lipinski definition) is 4. The molecule has 1 atom stereocenters. The summed E-state index contributed by atoms with van der Waals surface area (Å²) in [4.78, 5) is 0. The SMILES string of the molecule is CCC(O)NC1CC(C)(C)N(O)C(C)(C)C1. The Balaban J connectivity index is 2.71. The van der Waals surface area contributed by atoms with E-state index in [2.05, 4.69) is 5.32 Å². The Morgan fingerprint density at radius 2 is 1.69 bits per heavy atom. The normalized spacial score (nSPS) is 27.9. The van der Waals surface area contributed by atoms with Gasteiger partial charge in [-0.15, -0.1) is 0 Å². The molecule has 1 heterocycles. The molecular formula is C12H26N2O2. The molecule has 4 nitrogen and oxygen atoms in total. The van der Waals surface area contributed by atoms with Gasteiger partial charge in [-0.25, -0.2) is 0 Å². The van der Waals surface area contributed by atoms with Gasteiger partial charge in [0, 0.05) is 17.1 Å². The van der Waals surface area contributed by atoms with Crippen LogP contribution < -0.4 is 5.32 Å². The number of nitrogens with one attached hydrogen (secondary N) is 1. The largest absolute Gasteiger partial charge is 0.379 e. The molecule has 0 aliphatic carbocycles. The first-order chi connectivity index (χ1) is 7.19. The summed E-state index contributed by atoms with van der Waals surface area (Å²) in [7, 11) is 0. The van der Waals surface area contributed by atoms with Crippen LogP contribution in [-0.4, -0.2) is 38.7 Å². The first-order valence-electron chi connectivity index (χ1n) is 6.12. The molecule has 0 aromatic heterocycles. The Hall–Kier alpha value is -0.160. The number of piperidine rings is 1. The van der Waals surface area contributed by atoms with Gasteiger partial charge in [-0.3, -0.25) is 5.32 Å². The van der Waals surface area contributed by atoms with Crippen molar-refractivity contribution in [2.24, 2.45) is 0 Å². The van der Waals surface area contributed by atoms with Crippen LogP contribution in [0.15, 0.2) is 0 Å². The minimum atomic E-state index is -0.443. The van der Waals surface area contributed by atoms with Crippen molar-refractivity contribution in [1.82, 2.24) is 10.4 Å². The molecule has 4 heteroatoms. The van der Waals surface area contributed by atoms with Crippen molar-refractivity contribution in [3.63, 3.8) is 0 Å². The summed E-state index contributed by atoms with van der Waals surface area (Å²) in [5.41, 5.74) is -0.514. The number of aliphatic hydroxyl groups is 1. The molecule has 0 aromatic carbocycles.